The van der Waals surface area contributed by atoms with E-state index in [0.29, 0.717) is 0 Å². The second kappa shape index (κ2) is 2.62. The molecule has 0 spiro atoms. The standard InChI is InChI=1S/C7H11N3O/c11-7-3-1-2-6(7)10-4-8-9-5-10/h4-7,11H,1-3H2/t6-,7-/m0/s1. The number of aliphatic hydroxyl groups is 1. The fourth-order valence-electron chi connectivity index (χ4n) is 1.65. The highest BCUT2D eigenvalue weighted by Gasteiger charge is 2.26. The van der Waals surface area contributed by atoms with Gasteiger partial charge in [0.2, 0.25) is 0 Å². The third-order valence-electron chi connectivity index (χ3n) is 2.26. The smallest absolute Gasteiger partial charge is 0.119 e. The minimum absolute atomic E-state index is 0.203. The molecule has 0 radical (unpaired) electrons. The Kier molecular flexibility index (Phi) is 1.62. The average Bonchev–Trinajstić information content (AvgIpc) is 2.55. The van der Waals surface area contributed by atoms with Gasteiger partial charge in [-0.15, -0.1) is 10.2 Å². The van der Waals surface area contributed by atoms with Crippen LogP contribution in [0, 0.1) is 0 Å². The van der Waals surface area contributed by atoms with Crippen molar-refractivity contribution >= 4 is 0 Å². The van der Waals surface area contributed by atoms with Crippen LogP contribution in [0.3, 0.4) is 0 Å². The second-order valence-electron chi connectivity index (χ2n) is 2.97. The van der Waals surface area contributed by atoms with Crippen LogP contribution in [0.25, 0.3) is 0 Å². The summed E-state index contributed by atoms with van der Waals surface area (Å²) in [6, 6.07) is 0.213. The molecular formula is C7H11N3O. The molecular weight excluding hydrogens is 142 g/mol. The van der Waals surface area contributed by atoms with Crippen LogP contribution in [0.5, 0.6) is 0 Å². The molecule has 1 aromatic heterocycles. The predicted octanol–water partition coefficient (Wildman–Crippen LogP) is 0.364. The lowest BCUT2D eigenvalue weighted by Crippen LogP contribution is -2.16. The summed E-state index contributed by atoms with van der Waals surface area (Å²) in [7, 11) is 0. The van der Waals surface area contributed by atoms with Crippen LogP contribution in [0.15, 0.2) is 12.7 Å². The minimum Gasteiger partial charge on any atom is -0.391 e. The van der Waals surface area contributed by atoms with Crippen LogP contribution >= 0.6 is 0 Å². The van der Waals surface area contributed by atoms with Gasteiger partial charge in [-0.2, -0.15) is 0 Å². The Hall–Kier alpha value is -0.900. The maximum Gasteiger partial charge on any atom is 0.119 e. The van der Waals surface area contributed by atoms with Crippen molar-refractivity contribution in [1.29, 1.82) is 0 Å². The largest absolute Gasteiger partial charge is 0.391 e. The molecule has 0 aromatic carbocycles. The number of hydrogen-bond donors (Lipinski definition) is 1. The molecule has 2 atom stereocenters. The first-order chi connectivity index (χ1) is 5.38. The van der Waals surface area contributed by atoms with Gasteiger partial charge in [0.05, 0.1) is 12.1 Å². The molecule has 0 saturated heterocycles. The van der Waals surface area contributed by atoms with E-state index < -0.39 is 0 Å². The van der Waals surface area contributed by atoms with Gasteiger partial charge in [-0.05, 0) is 19.3 Å². The third kappa shape index (κ3) is 1.14. The van der Waals surface area contributed by atoms with Gasteiger partial charge in [-0.1, -0.05) is 0 Å². The van der Waals surface area contributed by atoms with Gasteiger partial charge < -0.3 is 9.67 Å². The first-order valence-electron chi connectivity index (χ1n) is 3.90. The Labute approximate surface area is 64.9 Å². The molecule has 4 nitrogen and oxygen atoms in total. The van der Waals surface area contributed by atoms with Crippen LogP contribution in [-0.4, -0.2) is 26.0 Å². The first-order valence-corrected chi connectivity index (χ1v) is 3.90. The molecule has 0 bridgehead atoms. The molecule has 1 saturated carbocycles. The van der Waals surface area contributed by atoms with E-state index in [2.05, 4.69) is 10.2 Å². The predicted molar refractivity (Wildman–Crippen MR) is 38.9 cm³/mol. The van der Waals surface area contributed by atoms with Crippen LogP contribution in [0.2, 0.25) is 0 Å². The quantitative estimate of drug-likeness (QED) is 0.634. The topological polar surface area (TPSA) is 50.9 Å². The Morgan fingerprint density at radius 3 is 2.55 bits per heavy atom. The lowest BCUT2D eigenvalue weighted by molar-refractivity contribution is 0.136. The molecule has 4 heteroatoms. The molecule has 0 aliphatic heterocycles. The molecule has 60 valence electrons. The van der Waals surface area contributed by atoms with Crippen LogP contribution in [-0.2, 0) is 0 Å². The molecule has 2 rings (SSSR count). The number of hydrogen-bond acceptors (Lipinski definition) is 3. The number of nitrogens with zero attached hydrogens (tertiary/aromatic N) is 3. The zero-order valence-electron chi connectivity index (χ0n) is 6.22. The zero-order chi connectivity index (χ0) is 7.68. The van der Waals surface area contributed by atoms with E-state index in [9.17, 15) is 5.11 Å². The van der Waals surface area contributed by atoms with Gasteiger partial charge in [0.15, 0.2) is 0 Å². The fourth-order valence-corrected chi connectivity index (χ4v) is 1.65. The Morgan fingerprint density at radius 1 is 1.27 bits per heavy atom. The average molecular weight is 153 g/mol. The normalized spacial score (nSPS) is 31.0. The molecule has 0 unspecified atom stereocenters. The van der Waals surface area contributed by atoms with Crippen LogP contribution in [0.4, 0.5) is 0 Å². The number of rotatable bonds is 1. The van der Waals surface area contributed by atoms with Gasteiger partial charge in [0, 0.05) is 0 Å². The number of aliphatic hydroxyl groups excluding tert-OH is 1. The Balaban J connectivity index is 2.16. The van der Waals surface area contributed by atoms with Crippen molar-refractivity contribution in [3.63, 3.8) is 0 Å². The van der Waals surface area contributed by atoms with Crippen molar-refractivity contribution < 1.29 is 5.11 Å². The molecule has 11 heavy (non-hydrogen) atoms. The molecule has 1 fully saturated rings. The Morgan fingerprint density at radius 2 is 2.00 bits per heavy atom. The van der Waals surface area contributed by atoms with E-state index in [4.69, 9.17) is 0 Å². The molecule has 1 aliphatic rings. The molecule has 1 N–H and O–H groups in total. The van der Waals surface area contributed by atoms with Crippen molar-refractivity contribution in [3.8, 4) is 0 Å². The van der Waals surface area contributed by atoms with Gasteiger partial charge in [-0.3, -0.25) is 0 Å². The van der Waals surface area contributed by atoms with E-state index in [0.717, 1.165) is 19.3 Å². The lowest BCUT2D eigenvalue weighted by Gasteiger charge is -2.14. The summed E-state index contributed by atoms with van der Waals surface area (Å²) in [6.45, 7) is 0. The van der Waals surface area contributed by atoms with E-state index in [-0.39, 0.29) is 12.1 Å². The van der Waals surface area contributed by atoms with Crippen molar-refractivity contribution in [2.45, 2.75) is 31.4 Å². The summed E-state index contributed by atoms with van der Waals surface area (Å²) in [5.74, 6) is 0. The highest BCUT2D eigenvalue weighted by Crippen LogP contribution is 2.29. The summed E-state index contributed by atoms with van der Waals surface area (Å²) >= 11 is 0. The highest BCUT2D eigenvalue weighted by molar-refractivity contribution is 4.83. The summed E-state index contributed by atoms with van der Waals surface area (Å²) in [5.41, 5.74) is 0. The third-order valence-corrected chi connectivity index (χ3v) is 2.26. The first kappa shape index (κ1) is 6.79. The molecule has 0 amide bonds. The second-order valence-corrected chi connectivity index (χ2v) is 2.97. The SMILES string of the molecule is O[C@H]1CCC[C@@H]1n1cnnc1. The molecule has 1 aromatic rings. The summed E-state index contributed by atoms with van der Waals surface area (Å²) in [6.07, 6.45) is 6.18. The van der Waals surface area contributed by atoms with Crippen molar-refractivity contribution in [1.82, 2.24) is 14.8 Å². The summed E-state index contributed by atoms with van der Waals surface area (Å²) in [4.78, 5) is 0. The van der Waals surface area contributed by atoms with Gasteiger partial charge in [-0.25, -0.2) is 0 Å². The maximum absolute atomic E-state index is 9.48. The summed E-state index contributed by atoms with van der Waals surface area (Å²) < 4.78 is 1.89. The Bertz CT molecular complexity index is 222. The van der Waals surface area contributed by atoms with Gasteiger partial charge in [0.1, 0.15) is 12.7 Å². The molecule has 1 heterocycles. The monoisotopic (exact) mass is 153 g/mol. The lowest BCUT2D eigenvalue weighted by atomic mass is 10.2. The molecule has 1 aliphatic carbocycles. The highest BCUT2D eigenvalue weighted by atomic mass is 16.3. The number of aromatic nitrogens is 3. The minimum atomic E-state index is -0.203. The summed E-state index contributed by atoms with van der Waals surface area (Å²) in [5, 5.41) is 16.9. The van der Waals surface area contributed by atoms with Crippen molar-refractivity contribution in [3.05, 3.63) is 12.7 Å². The van der Waals surface area contributed by atoms with Gasteiger partial charge in [0.25, 0.3) is 0 Å². The van der Waals surface area contributed by atoms with Crippen LogP contribution < -0.4 is 0 Å². The van der Waals surface area contributed by atoms with E-state index in [1.807, 2.05) is 4.57 Å². The van der Waals surface area contributed by atoms with E-state index in [1.165, 1.54) is 0 Å². The van der Waals surface area contributed by atoms with E-state index >= 15 is 0 Å². The van der Waals surface area contributed by atoms with Gasteiger partial charge >= 0.3 is 0 Å². The van der Waals surface area contributed by atoms with Crippen molar-refractivity contribution in [2.75, 3.05) is 0 Å². The zero-order valence-corrected chi connectivity index (χ0v) is 6.22. The van der Waals surface area contributed by atoms with Crippen LogP contribution in [0.1, 0.15) is 25.3 Å². The van der Waals surface area contributed by atoms with Crippen molar-refractivity contribution in [2.24, 2.45) is 0 Å². The van der Waals surface area contributed by atoms with E-state index in [1.54, 1.807) is 12.7 Å². The maximum atomic E-state index is 9.48. The fraction of sp³-hybridized carbons (Fsp3) is 0.714.